The summed E-state index contributed by atoms with van der Waals surface area (Å²) in [4.78, 5) is 0.839. The first-order valence-electron chi connectivity index (χ1n) is 3.12. The van der Waals surface area contributed by atoms with Gasteiger partial charge in [0.05, 0.1) is 0 Å². The Morgan fingerprint density at radius 2 is 2.20 bits per heavy atom. The van der Waals surface area contributed by atoms with E-state index in [0.717, 1.165) is 16.0 Å². The monoisotopic (exact) mass is 150 g/mol. The lowest BCUT2D eigenvalue weighted by molar-refractivity contribution is 1.49. The van der Waals surface area contributed by atoms with Crippen molar-refractivity contribution < 1.29 is 0 Å². The van der Waals surface area contributed by atoms with Gasteiger partial charge in [-0.1, -0.05) is 18.4 Å². The SMILES string of the molecule is C[B]c1ccc(S)c(N)c1. The highest BCUT2D eigenvalue weighted by molar-refractivity contribution is 7.80. The number of benzene rings is 1. The van der Waals surface area contributed by atoms with E-state index in [-0.39, 0.29) is 0 Å². The third-order valence-corrected chi connectivity index (χ3v) is 1.79. The zero-order valence-electron chi connectivity index (χ0n) is 5.83. The van der Waals surface area contributed by atoms with Crippen LogP contribution in [0, 0.1) is 0 Å². The molecule has 1 nitrogen and oxygen atoms in total. The Bertz CT molecular complexity index is 237. The van der Waals surface area contributed by atoms with E-state index >= 15 is 0 Å². The molecular formula is C7H9BNS. The van der Waals surface area contributed by atoms with Crippen LogP contribution in [-0.2, 0) is 0 Å². The van der Waals surface area contributed by atoms with Gasteiger partial charge in [0.25, 0.3) is 0 Å². The van der Waals surface area contributed by atoms with Crippen molar-refractivity contribution >= 4 is 31.1 Å². The third-order valence-electron chi connectivity index (χ3n) is 1.38. The van der Waals surface area contributed by atoms with Crippen molar-refractivity contribution in [1.29, 1.82) is 0 Å². The highest BCUT2D eigenvalue weighted by Gasteiger charge is 1.94. The van der Waals surface area contributed by atoms with Crippen LogP contribution in [0.2, 0.25) is 6.82 Å². The number of anilines is 1. The fourth-order valence-corrected chi connectivity index (χ4v) is 0.892. The average Bonchev–Trinajstić information content (AvgIpc) is 1.95. The number of thiol groups is 1. The molecule has 0 aromatic heterocycles. The Hall–Kier alpha value is -0.565. The molecule has 0 aliphatic carbocycles. The molecule has 3 heteroatoms. The van der Waals surface area contributed by atoms with Crippen LogP contribution >= 0.6 is 12.6 Å². The lowest BCUT2D eigenvalue weighted by Crippen LogP contribution is -2.10. The first kappa shape index (κ1) is 7.54. The molecule has 1 rings (SSSR count). The van der Waals surface area contributed by atoms with Crippen LogP contribution in [0.15, 0.2) is 23.1 Å². The van der Waals surface area contributed by atoms with Gasteiger partial charge in [0, 0.05) is 10.6 Å². The minimum atomic E-state index is 0.735. The van der Waals surface area contributed by atoms with Gasteiger partial charge in [0.1, 0.15) is 7.28 Å². The molecule has 0 saturated heterocycles. The first-order valence-corrected chi connectivity index (χ1v) is 3.56. The molecule has 0 aliphatic heterocycles. The smallest absolute Gasteiger partial charge is 0.148 e. The third kappa shape index (κ3) is 1.48. The van der Waals surface area contributed by atoms with Crippen molar-refractivity contribution in [2.45, 2.75) is 11.7 Å². The number of hydrogen-bond donors (Lipinski definition) is 2. The highest BCUT2D eigenvalue weighted by atomic mass is 32.1. The van der Waals surface area contributed by atoms with Crippen LogP contribution in [0.3, 0.4) is 0 Å². The second-order valence-corrected chi connectivity index (χ2v) is 2.59. The zero-order chi connectivity index (χ0) is 7.56. The number of nitrogens with two attached hydrogens (primary N) is 1. The zero-order valence-corrected chi connectivity index (χ0v) is 6.73. The summed E-state index contributed by atoms with van der Waals surface area (Å²) >= 11 is 4.15. The van der Waals surface area contributed by atoms with E-state index in [2.05, 4.69) is 12.6 Å². The maximum Gasteiger partial charge on any atom is 0.148 e. The molecule has 0 unspecified atom stereocenters. The molecule has 0 bridgehead atoms. The van der Waals surface area contributed by atoms with E-state index < -0.39 is 0 Å². The normalized spacial score (nSPS) is 9.40. The van der Waals surface area contributed by atoms with Gasteiger partial charge in [0.2, 0.25) is 0 Å². The molecule has 1 radical (unpaired) electrons. The molecule has 0 amide bonds. The molecule has 1 aromatic rings. The quantitative estimate of drug-likeness (QED) is 0.347. The summed E-state index contributed by atoms with van der Waals surface area (Å²) in [6.07, 6.45) is 0. The summed E-state index contributed by atoms with van der Waals surface area (Å²) in [7, 11) is 2.00. The van der Waals surface area contributed by atoms with Gasteiger partial charge in [-0.2, -0.15) is 0 Å². The molecule has 0 heterocycles. The van der Waals surface area contributed by atoms with Gasteiger partial charge >= 0.3 is 0 Å². The van der Waals surface area contributed by atoms with Gasteiger partial charge in [-0.15, -0.1) is 12.6 Å². The van der Waals surface area contributed by atoms with Crippen LogP contribution < -0.4 is 11.2 Å². The fourth-order valence-electron chi connectivity index (χ4n) is 0.753. The predicted molar refractivity (Wildman–Crippen MR) is 49.4 cm³/mol. The van der Waals surface area contributed by atoms with E-state index in [1.807, 2.05) is 32.3 Å². The van der Waals surface area contributed by atoms with Gasteiger partial charge < -0.3 is 5.73 Å². The second kappa shape index (κ2) is 3.02. The van der Waals surface area contributed by atoms with Crippen LogP contribution in [-0.4, -0.2) is 7.28 Å². The van der Waals surface area contributed by atoms with Gasteiger partial charge in [0.15, 0.2) is 0 Å². The van der Waals surface area contributed by atoms with E-state index in [9.17, 15) is 0 Å². The Kier molecular flexibility index (Phi) is 2.27. The molecule has 10 heavy (non-hydrogen) atoms. The molecule has 0 atom stereocenters. The van der Waals surface area contributed by atoms with Crippen molar-refractivity contribution in [1.82, 2.24) is 0 Å². The minimum Gasteiger partial charge on any atom is -0.398 e. The minimum absolute atomic E-state index is 0.735. The molecule has 0 saturated carbocycles. The number of hydrogen-bond acceptors (Lipinski definition) is 2. The lowest BCUT2D eigenvalue weighted by atomic mass is 9.73. The molecule has 2 N–H and O–H groups in total. The van der Waals surface area contributed by atoms with Crippen LogP contribution in [0.1, 0.15) is 0 Å². The fraction of sp³-hybridized carbons (Fsp3) is 0.143. The van der Waals surface area contributed by atoms with Crippen molar-refractivity contribution in [3.05, 3.63) is 18.2 Å². The van der Waals surface area contributed by atoms with Crippen molar-refractivity contribution in [3.8, 4) is 0 Å². The Morgan fingerprint density at radius 1 is 1.50 bits per heavy atom. The van der Waals surface area contributed by atoms with E-state index in [1.54, 1.807) is 0 Å². The first-order chi connectivity index (χ1) is 4.74. The van der Waals surface area contributed by atoms with E-state index in [0.29, 0.717) is 0 Å². The Balaban J connectivity index is 3.04. The van der Waals surface area contributed by atoms with Gasteiger partial charge in [-0.3, -0.25) is 0 Å². The van der Waals surface area contributed by atoms with E-state index in [1.165, 1.54) is 0 Å². The van der Waals surface area contributed by atoms with Crippen molar-refractivity contribution in [2.75, 3.05) is 5.73 Å². The van der Waals surface area contributed by atoms with E-state index in [4.69, 9.17) is 5.73 Å². The maximum atomic E-state index is 5.60. The van der Waals surface area contributed by atoms with Gasteiger partial charge in [-0.25, -0.2) is 0 Å². The summed E-state index contributed by atoms with van der Waals surface area (Å²) in [6, 6.07) is 5.79. The summed E-state index contributed by atoms with van der Waals surface area (Å²) in [6.45, 7) is 1.98. The van der Waals surface area contributed by atoms with Crippen molar-refractivity contribution in [3.63, 3.8) is 0 Å². The molecule has 0 aliphatic rings. The largest absolute Gasteiger partial charge is 0.398 e. The average molecular weight is 150 g/mol. The summed E-state index contributed by atoms with van der Waals surface area (Å²) in [5.41, 5.74) is 7.47. The van der Waals surface area contributed by atoms with Crippen LogP contribution in [0.25, 0.3) is 0 Å². The Morgan fingerprint density at radius 3 is 2.70 bits per heavy atom. The summed E-state index contributed by atoms with van der Waals surface area (Å²) in [5.74, 6) is 0. The standard InChI is InChI=1S/C7H9BNS/c1-8-5-2-3-7(10)6(9)4-5/h2-4,10H,9H2,1H3. The summed E-state index contributed by atoms with van der Waals surface area (Å²) < 4.78 is 0. The number of rotatable bonds is 1. The van der Waals surface area contributed by atoms with Crippen LogP contribution in [0.4, 0.5) is 5.69 Å². The Labute approximate surface area is 67.3 Å². The van der Waals surface area contributed by atoms with Crippen molar-refractivity contribution in [2.24, 2.45) is 0 Å². The highest BCUT2D eigenvalue weighted by Crippen LogP contribution is 2.12. The predicted octanol–water partition coefficient (Wildman–Crippen LogP) is 0.935. The second-order valence-electron chi connectivity index (χ2n) is 2.11. The summed E-state index contributed by atoms with van der Waals surface area (Å²) in [5, 5.41) is 0. The van der Waals surface area contributed by atoms with Gasteiger partial charge in [-0.05, 0) is 12.1 Å². The molecule has 1 aromatic carbocycles. The molecular weight excluding hydrogens is 141 g/mol. The molecule has 0 spiro atoms. The lowest BCUT2D eigenvalue weighted by Gasteiger charge is -2.00. The molecule has 51 valence electrons. The molecule has 0 fully saturated rings. The topological polar surface area (TPSA) is 26.0 Å². The van der Waals surface area contributed by atoms with Crippen LogP contribution in [0.5, 0.6) is 0 Å². The number of nitrogen functional groups attached to an aromatic ring is 1. The maximum absolute atomic E-state index is 5.60.